The summed E-state index contributed by atoms with van der Waals surface area (Å²) >= 11 is 6.10. The number of rotatable bonds is 7. The quantitative estimate of drug-likeness (QED) is 0.723. The van der Waals surface area contributed by atoms with Gasteiger partial charge in [0.1, 0.15) is 18.0 Å². The summed E-state index contributed by atoms with van der Waals surface area (Å²) in [7, 11) is 0. The van der Waals surface area contributed by atoms with Crippen molar-refractivity contribution in [2.45, 2.75) is 19.8 Å². The molecule has 1 amide bonds. The van der Waals surface area contributed by atoms with E-state index in [0.717, 1.165) is 18.8 Å². The van der Waals surface area contributed by atoms with Crippen LogP contribution in [0.1, 0.15) is 29.5 Å². The highest BCUT2D eigenvalue weighted by Crippen LogP contribution is 2.19. The molecule has 112 valence electrons. The number of nitrogens with zero attached hydrogens (tertiary/aromatic N) is 3. The second kappa shape index (κ2) is 7.58. The van der Waals surface area contributed by atoms with Gasteiger partial charge in [0.15, 0.2) is 0 Å². The molecule has 0 fully saturated rings. The van der Waals surface area contributed by atoms with Gasteiger partial charge in [-0.15, -0.1) is 0 Å². The topological polar surface area (TPSA) is 95.6 Å². The van der Waals surface area contributed by atoms with E-state index < -0.39 is 0 Å². The molecule has 0 aromatic carbocycles. The van der Waals surface area contributed by atoms with Gasteiger partial charge in [0, 0.05) is 25.7 Å². The Kier molecular flexibility index (Phi) is 5.51. The number of nitrogens with one attached hydrogen (secondary N) is 3. The minimum atomic E-state index is -0.217. The molecule has 0 aliphatic heterocycles. The Bertz CT molecular complexity index is 586. The van der Waals surface area contributed by atoms with E-state index >= 15 is 0 Å². The van der Waals surface area contributed by atoms with Gasteiger partial charge in [0.25, 0.3) is 5.91 Å². The van der Waals surface area contributed by atoms with Crippen molar-refractivity contribution in [1.82, 2.24) is 25.5 Å². The molecule has 0 bridgehead atoms. The van der Waals surface area contributed by atoms with Crippen LogP contribution >= 0.6 is 11.6 Å². The molecule has 8 heteroatoms. The third kappa shape index (κ3) is 4.42. The highest BCUT2D eigenvalue weighted by molar-refractivity contribution is 6.33. The van der Waals surface area contributed by atoms with E-state index in [-0.39, 0.29) is 5.91 Å². The van der Waals surface area contributed by atoms with E-state index in [9.17, 15) is 4.79 Å². The first-order valence-corrected chi connectivity index (χ1v) is 7.10. The molecular formula is C13H17ClN6O. The van der Waals surface area contributed by atoms with Gasteiger partial charge >= 0.3 is 0 Å². The Morgan fingerprint density at radius 2 is 2.24 bits per heavy atom. The Hall–Kier alpha value is -2.15. The number of aromatic amines is 1. The zero-order valence-corrected chi connectivity index (χ0v) is 12.4. The molecule has 0 unspecified atom stereocenters. The lowest BCUT2D eigenvalue weighted by atomic mass is 10.2. The first-order valence-electron chi connectivity index (χ1n) is 6.72. The normalized spacial score (nSPS) is 10.4. The maximum absolute atomic E-state index is 12.0. The van der Waals surface area contributed by atoms with Crippen molar-refractivity contribution < 1.29 is 4.79 Å². The number of amides is 1. The fourth-order valence-electron chi connectivity index (χ4n) is 1.68. The van der Waals surface area contributed by atoms with E-state index in [0.29, 0.717) is 29.4 Å². The molecule has 2 aromatic heterocycles. The number of pyridine rings is 1. The summed E-state index contributed by atoms with van der Waals surface area (Å²) in [5.41, 5.74) is 0.430. The summed E-state index contributed by atoms with van der Waals surface area (Å²) in [5.74, 6) is 1.10. The average Bonchev–Trinajstić information content (AvgIpc) is 2.99. The Labute approximate surface area is 127 Å². The number of anilines is 1. The van der Waals surface area contributed by atoms with Crippen LogP contribution in [0.3, 0.4) is 0 Å². The first kappa shape index (κ1) is 15.2. The van der Waals surface area contributed by atoms with Crippen LogP contribution in [0.25, 0.3) is 0 Å². The Morgan fingerprint density at radius 1 is 1.38 bits per heavy atom. The average molecular weight is 309 g/mol. The predicted molar refractivity (Wildman–Crippen MR) is 80.4 cm³/mol. The fourth-order valence-corrected chi connectivity index (χ4v) is 1.92. The standard InChI is InChI=1S/C13H17ClN6O/c1-2-4-15-12-10(14)6-9(7-17-12)13(21)16-5-3-11-18-8-19-20-11/h6-8H,2-5H2,1H3,(H,15,17)(H,16,21)(H,18,19,20). The highest BCUT2D eigenvalue weighted by atomic mass is 35.5. The van der Waals surface area contributed by atoms with Crippen LogP contribution in [-0.2, 0) is 6.42 Å². The van der Waals surface area contributed by atoms with Gasteiger partial charge in [0.2, 0.25) is 0 Å². The van der Waals surface area contributed by atoms with Gasteiger partial charge in [-0.2, -0.15) is 5.10 Å². The monoisotopic (exact) mass is 308 g/mol. The SMILES string of the molecule is CCCNc1ncc(C(=O)NCCc2ncn[nH]2)cc1Cl. The van der Waals surface area contributed by atoms with Crippen LogP contribution in [0.2, 0.25) is 5.02 Å². The molecule has 0 atom stereocenters. The largest absolute Gasteiger partial charge is 0.369 e. The number of aromatic nitrogens is 4. The lowest BCUT2D eigenvalue weighted by Crippen LogP contribution is -2.26. The molecule has 2 rings (SSSR count). The lowest BCUT2D eigenvalue weighted by molar-refractivity contribution is 0.0953. The summed E-state index contributed by atoms with van der Waals surface area (Å²) in [5, 5.41) is 12.8. The van der Waals surface area contributed by atoms with Crippen LogP contribution in [0, 0.1) is 0 Å². The molecule has 0 aliphatic carbocycles. The Balaban J connectivity index is 1.88. The fraction of sp³-hybridized carbons (Fsp3) is 0.385. The molecule has 7 nitrogen and oxygen atoms in total. The molecule has 3 N–H and O–H groups in total. The van der Waals surface area contributed by atoms with Gasteiger partial charge in [0.05, 0.1) is 10.6 Å². The zero-order chi connectivity index (χ0) is 15.1. The second-order valence-electron chi connectivity index (χ2n) is 4.42. The third-order valence-corrected chi connectivity index (χ3v) is 3.05. The molecule has 0 aliphatic rings. The van der Waals surface area contributed by atoms with Crippen LogP contribution in [0.4, 0.5) is 5.82 Å². The van der Waals surface area contributed by atoms with Crippen LogP contribution < -0.4 is 10.6 Å². The van der Waals surface area contributed by atoms with Crippen molar-refractivity contribution in [3.63, 3.8) is 0 Å². The number of hydrogen-bond donors (Lipinski definition) is 3. The molecule has 21 heavy (non-hydrogen) atoms. The molecular weight excluding hydrogens is 292 g/mol. The molecule has 0 radical (unpaired) electrons. The molecule has 0 saturated carbocycles. The van der Waals surface area contributed by atoms with Crippen molar-refractivity contribution in [2.24, 2.45) is 0 Å². The van der Waals surface area contributed by atoms with Gasteiger partial charge in [-0.25, -0.2) is 9.97 Å². The van der Waals surface area contributed by atoms with E-state index in [2.05, 4.69) is 37.7 Å². The number of halogens is 1. The van der Waals surface area contributed by atoms with Gasteiger partial charge in [-0.3, -0.25) is 9.89 Å². The van der Waals surface area contributed by atoms with E-state index in [1.807, 2.05) is 0 Å². The van der Waals surface area contributed by atoms with Crippen molar-refractivity contribution in [1.29, 1.82) is 0 Å². The molecule has 0 spiro atoms. The maximum Gasteiger partial charge on any atom is 0.252 e. The molecule has 2 heterocycles. The van der Waals surface area contributed by atoms with Crippen LogP contribution in [-0.4, -0.2) is 39.2 Å². The number of carbonyl (C=O) groups is 1. The number of carbonyl (C=O) groups excluding carboxylic acids is 1. The van der Waals surface area contributed by atoms with Gasteiger partial charge in [-0.05, 0) is 12.5 Å². The summed E-state index contributed by atoms with van der Waals surface area (Å²) in [6, 6.07) is 1.61. The van der Waals surface area contributed by atoms with Crippen molar-refractivity contribution in [3.05, 3.63) is 35.0 Å². The first-order chi connectivity index (χ1) is 10.2. The Morgan fingerprint density at radius 3 is 2.90 bits per heavy atom. The zero-order valence-electron chi connectivity index (χ0n) is 11.7. The summed E-state index contributed by atoms with van der Waals surface area (Å²) in [4.78, 5) is 20.1. The molecule has 2 aromatic rings. The summed E-state index contributed by atoms with van der Waals surface area (Å²) < 4.78 is 0. The maximum atomic E-state index is 12.0. The minimum absolute atomic E-state index is 0.217. The van der Waals surface area contributed by atoms with E-state index in [1.54, 1.807) is 6.07 Å². The van der Waals surface area contributed by atoms with Gasteiger partial charge in [-0.1, -0.05) is 18.5 Å². The van der Waals surface area contributed by atoms with Gasteiger partial charge < -0.3 is 10.6 Å². The van der Waals surface area contributed by atoms with Crippen molar-refractivity contribution in [3.8, 4) is 0 Å². The number of hydrogen-bond acceptors (Lipinski definition) is 5. The second-order valence-corrected chi connectivity index (χ2v) is 4.83. The van der Waals surface area contributed by atoms with Crippen molar-refractivity contribution >= 4 is 23.3 Å². The summed E-state index contributed by atoms with van der Waals surface area (Å²) in [6.45, 7) is 3.30. The van der Waals surface area contributed by atoms with E-state index in [1.165, 1.54) is 12.5 Å². The van der Waals surface area contributed by atoms with Crippen molar-refractivity contribution in [2.75, 3.05) is 18.4 Å². The minimum Gasteiger partial charge on any atom is -0.369 e. The van der Waals surface area contributed by atoms with Crippen LogP contribution in [0.15, 0.2) is 18.6 Å². The predicted octanol–water partition coefficient (Wildman–Crippen LogP) is 1.65. The highest BCUT2D eigenvalue weighted by Gasteiger charge is 2.09. The summed E-state index contributed by atoms with van der Waals surface area (Å²) in [6.07, 6.45) is 4.50. The third-order valence-electron chi connectivity index (χ3n) is 2.76. The molecule has 0 saturated heterocycles. The lowest BCUT2D eigenvalue weighted by Gasteiger charge is -2.08. The van der Waals surface area contributed by atoms with Crippen LogP contribution in [0.5, 0.6) is 0 Å². The number of H-pyrrole nitrogens is 1. The smallest absolute Gasteiger partial charge is 0.252 e. The van der Waals surface area contributed by atoms with E-state index in [4.69, 9.17) is 11.6 Å².